The number of carbonyl (C=O) groups is 1. The number of esters is 1. The first-order valence-corrected chi connectivity index (χ1v) is 6.80. The molecule has 4 heteroatoms. The Hall–Kier alpha value is -0.0900. The molecule has 0 spiro atoms. The smallest absolute Gasteiger partial charge is 0.303 e. The minimum atomic E-state index is -0.232. The van der Waals surface area contributed by atoms with Gasteiger partial charge in [0.05, 0.1) is 4.58 Å². The van der Waals surface area contributed by atoms with Crippen LogP contribution >= 0.6 is 23.5 Å². The average Bonchev–Trinajstić information content (AvgIpc) is 2.17. The Balaban J connectivity index is 2.42. The van der Waals surface area contributed by atoms with Crippen molar-refractivity contribution in [3.63, 3.8) is 0 Å². The van der Waals surface area contributed by atoms with Crippen molar-refractivity contribution in [2.24, 2.45) is 0 Å². The van der Waals surface area contributed by atoms with Crippen LogP contribution in [0.15, 0.2) is 12.2 Å². The van der Waals surface area contributed by atoms with Crippen LogP contribution in [0.3, 0.4) is 0 Å². The van der Waals surface area contributed by atoms with Crippen LogP contribution in [0.5, 0.6) is 0 Å². The van der Waals surface area contributed by atoms with Crippen LogP contribution < -0.4 is 0 Å². The fraction of sp³-hybridized carbons (Fsp3) is 0.700. The molecular weight excluding hydrogens is 216 g/mol. The second-order valence-corrected chi connectivity index (χ2v) is 5.98. The largest absolute Gasteiger partial charge is 0.458 e. The predicted molar refractivity (Wildman–Crippen MR) is 63.7 cm³/mol. The molecule has 1 heterocycles. The van der Waals surface area contributed by atoms with E-state index in [0.717, 1.165) is 5.57 Å². The van der Waals surface area contributed by atoms with Crippen LogP contribution in [-0.2, 0) is 9.53 Å². The lowest BCUT2D eigenvalue weighted by Gasteiger charge is -2.26. The molecule has 0 N–H and O–H groups in total. The van der Waals surface area contributed by atoms with Crippen molar-refractivity contribution in [3.05, 3.63) is 12.2 Å². The van der Waals surface area contributed by atoms with E-state index < -0.39 is 0 Å². The van der Waals surface area contributed by atoms with Crippen molar-refractivity contribution < 1.29 is 9.53 Å². The lowest BCUT2D eigenvalue weighted by atomic mass is 10.2. The van der Waals surface area contributed by atoms with Gasteiger partial charge in [-0.2, -0.15) is 0 Å². The summed E-state index contributed by atoms with van der Waals surface area (Å²) in [6.45, 7) is 7.34. The molecule has 0 aromatic carbocycles. The molecule has 0 radical (unpaired) electrons. The van der Waals surface area contributed by atoms with Crippen LogP contribution in [-0.4, -0.2) is 28.2 Å². The SMILES string of the molecule is C=C(C(C)OC(C)=O)C1SCCCS1. The van der Waals surface area contributed by atoms with E-state index >= 15 is 0 Å². The lowest BCUT2D eigenvalue weighted by molar-refractivity contribution is -0.143. The predicted octanol–water partition coefficient (Wildman–Crippen LogP) is 2.69. The van der Waals surface area contributed by atoms with E-state index in [9.17, 15) is 4.79 Å². The Kier molecular flexibility index (Phi) is 4.89. The van der Waals surface area contributed by atoms with Gasteiger partial charge in [0, 0.05) is 6.92 Å². The zero-order valence-corrected chi connectivity index (χ0v) is 10.2. The molecule has 0 amide bonds. The third kappa shape index (κ3) is 3.58. The van der Waals surface area contributed by atoms with E-state index in [2.05, 4.69) is 6.58 Å². The molecule has 1 aliphatic heterocycles. The van der Waals surface area contributed by atoms with Crippen LogP contribution in [0.2, 0.25) is 0 Å². The topological polar surface area (TPSA) is 26.3 Å². The zero-order valence-electron chi connectivity index (χ0n) is 8.62. The van der Waals surface area contributed by atoms with Gasteiger partial charge >= 0.3 is 5.97 Å². The van der Waals surface area contributed by atoms with E-state index in [1.165, 1.54) is 24.9 Å². The molecular formula is C10H16O2S2. The van der Waals surface area contributed by atoms with E-state index in [0.29, 0.717) is 4.58 Å². The molecule has 0 aliphatic carbocycles. The van der Waals surface area contributed by atoms with Gasteiger partial charge in [0.2, 0.25) is 0 Å². The molecule has 0 saturated carbocycles. The summed E-state index contributed by atoms with van der Waals surface area (Å²) < 4.78 is 5.50. The van der Waals surface area contributed by atoms with E-state index in [1.807, 2.05) is 30.4 Å². The number of carbonyl (C=O) groups excluding carboxylic acids is 1. The summed E-state index contributed by atoms with van der Waals surface area (Å²) in [4.78, 5) is 10.8. The van der Waals surface area contributed by atoms with Gasteiger partial charge in [-0.05, 0) is 30.4 Å². The van der Waals surface area contributed by atoms with E-state index in [1.54, 1.807) is 0 Å². The highest BCUT2D eigenvalue weighted by Gasteiger charge is 2.22. The second kappa shape index (κ2) is 5.71. The van der Waals surface area contributed by atoms with E-state index in [-0.39, 0.29) is 12.1 Å². The first-order chi connectivity index (χ1) is 6.61. The van der Waals surface area contributed by atoms with Crippen LogP contribution in [0, 0.1) is 0 Å². The van der Waals surface area contributed by atoms with Gasteiger partial charge in [-0.25, -0.2) is 0 Å². The summed E-state index contributed by atoms with van der Waals surface area (Å²) in [5.74, 6) is 2.14. The maximum atomic E-state index is 10.8. The van der Waals surface area contributed by atoms with Crippen molar-refractivity contribution in [2.75, 3.05) is 11.5 Å². The summed E-state index contributed by atoms with van der Waals surface area (Å²) in [5, 5.41) is 0. The van der Waals surface area contributed by atoms with Crippen molar-refractivity contribution in [2.45, 2.75) is 31.0 Å². The first kappa shape index (κ1) is 12.0. The van der Waals surface area contributed by atoms with Gasteiger partial charge in [-0.3, -0.25) is 4.79 Å². The Morgan fingerprint density at radius 3 is 2.57 bits per heavy atom. The number of ether oxygens (including phenoxy) is 1. The third-order valence-corrected chi connectivity index (χ3v) is 5.07. The first-order valence-electron chi connectivity index (χ1n) is 4.70. The van der Waals surface area contributed by atoms with Gasteiger partial charge in [0.15, 0.2) is 0 Å². The normalized spacial score (nSPS) is 20.1. The summed E-state index contributed by atoms with van der Waals surface area (Å²) in [7, 11) is 0. The number of rotatable bonds is 3. The summed E-state index contributed by atoms with van der Waals surface area (Å²) in [6.07, 6.45) is 1.11. The van der Waals surface area contributed by atoms with Crippen LogP contribution in [0.1, 0.15) is 20.3 Å². The molecule has 1 rings (SSSR count). The number of hydrogen-bond acceptors (Lipinski definition) is 4. The maximum absolute atomic E-state index is 10.8. The van der Waals surface area contributed by atoms with Crippen molar-refractivity contribution in [1.82, 2.24) is 0 Å². The molecule has 1 unspecified atom stereocenters. The zero-order chi connectivity index (χ0) is 10.6. The highest BCUT2D eigenvalue weighted by atomic mass is 32.2. The fourth-order valence-corrected chi connectivity index (χ4v) is 4.22. The Labute approximate surface area is 93.8 Å². The van der Waals surface area contributed by atoms with Crippen molar-refractivity contribution >= 4 is 29.5 Å². The van der Waals surface area contributed by atoms with Gasteiger partial charge in [0.25, 0.3) is 0 Å². The molecule has 1 atom stereocenters. The summed E-state index contributed by atoms with van der Waals surface area (Å²) in [6, 6.07) is 0. The molecule has 80 valence electrons. The molecule has 2 nitrogen and oxygen atoms in total. The van der Waals surface area contributed by atoms with Gasteiger partial charge in [0.1, 0.15) is 6.10 Å². The number of thioether (sulfide) groups is 2. The number of hydrogen-bond donors (Lipinski definition) is 0. The molecule has 0 aromatic heterocycles. The highest BCUT2D eigenvalue weighted by molar-refractivity contribution is 8.17. The van der Waals surface area contributed by atoms with Crippen molar-refractivity contribution in [1.29, 1.82) is 0 Å². The highest BCUT2D eigenvalue weighted by Crippen LogP contribution is 2.36. The summed E-state index contributed by atoms with van der Waals surface area (Å²) >= 11 is 3.80. The quantitative estimate of drug-likeness (QED) is 0.552. The fourth-order valence-electron chi connectivity index (χ4n) is 1.22. The Bertz CT molecular complexity index is 222. The van der Waals surface area contributed by atoms with Gasteiger partial charge in [-0.1, -0.05) is 6.58 Å². The van der Waals surface area contributed by atoms with Crippen molar-refractivity contribution in [3.8, 4) is 0 Å². The van der Waals surface area contributed by atoms with Gasteiger partial charge in [-0.15, -0.1) is 23.5 Å². The Morgan fingerprint density at radius 2 is 2.07 bits per heavy atom. The molecule has 0 aromatic rings. The molecule has 1 fully saturated rings. The monoisotopic (exact) mass is 232 g/mol. The standard InChI is InChI=1S/C10H16O2S2/c1-7(8(2)12-9(3)11)10-13-5-4-6-14-10/h8,10H,1,4-6H2,2-3H3. The van der Waals surface area contributed by atoms with Gasteiger partial charge < -0.3 is 4.74 Å². The third-order valence-electron chi connectivity index (χ3n) is 1.99. The van der Waals surface area contributed by atoms with Crippen LogP contribution in [0.4, 0.5) is 0 Å². The average molecular weight is 232 g/mol. The molecule has 14 heavy (non-hydrogen) atoms. The molecule has 0 bridgehead atoms. The maximum Gasteiger partial charge on any atom is 0.303 e. The molecule has 1 aliphatic rings. The van der Waals surface area contributed by atoms with Crippen LogP contribution in [0.25, 0.3) is 0 Å². The van der Waals surface area contributed by atoms with E-state index in [4.69, 9.17) is 4.74 Å². The summed E-state index contributed by atoms with van der Waals surface area (Å²) in [5.41, 5.74) is 1.02. The minimum absolute atomic E-state index is 0.157. The minimum Gasteiger partial charge on any atom is -0.458 e. The Morgan fingerprint density at radius 1 is 1.50 bits per heavy atom. The lowest BCUT2D eigenvalue weighted by Crippen LogP contribution is -2.21. The second-order valence-electron chi connectivity index (χ2n) is 3.25. The molecule has 1 saturated heterocycles.